The van der Waals surface area contributed by atoms with Gasteiger partial charge in [-0.15, -0.1) is 0 Å². The number of esters is 1. The zero-order valence-corrected chi connectivity index (χ0v) is 22.0. The number of nitrogens with one attached hydrogen (secondary N) is 1. The number of anilines is 1. The maximum absolute atomic E-state index is 14.9. The number of aromatic nitrogens is 1. The molecule has 1 N–H and O–H groups in total. The molecule has 3 aromatic rings. The molecule has 2 heterocycles. The highest BCUT2D eigenvalue weighted by Gasteiger charge is 2.26. The van der Waals surface area contributed by atoms with Gasteiger partial charge in [0, 0.05) is 51.0 Å². The standard InChI is InChI=1S/C30H32F2N4O3/c1-39-30(38)28-24(6-3-7-25(28)31)21-8-9-22(26(32)16-21)17-33-27-11-10-23(18-34-27)29(37)36-14-12-35(13-15-36)19-20-4-2-5-20/h3,6-11,16,18,20H,2,4-5,12-15,17,19H2,1H3,(H,33,34). The van der Waals surface area contributed by atoms with E-state index < -0.39 is 17.6 Å². The molecular weight excluding hydrogens is 502 g/mol. The smallest absolute Gasteiger partial charge is 0.341 e. The van der Waals surface area contributed by atoms with Crippen molar-refractivity contribution in [1.82, 2.24) is 14.8 Å². The molecular formula is C30H32F2N4O3. The van der Waals surface area contributed by atoms with Gasteiger partial charge in [0.2, 0.25) is 0 Å². The Kier molecular flexibility index (Phi) is 8.16. The number of carbonyl (C=O) groups is 2. The highest BCUT2D eigenvalue weighted by atomic mass is 19.1. The van der Waals surface area contributed by atoms with Crippen molar-refractivity contribution in [2.24, 2.45) is 5.92 Å². The van der Waals surface area contributed by atoms with Gasteiger partial charge in [-0.3, -0.25) is 9.69 Å². The summed E-state index contributed by atoms with van der Waals surface area (Å²) in [6.07, 6.45) is 5.55. The highest BCUT2D eigenvalue weighted by molar-refractivity contribution is 5.97. The van der Waals surface area contributed by atoms with Gasteiger partial charge in [-0.25, -0.2) is 18.6 Å². The number of halogens is 2. The summed E-state index contributed by atoms with van der Waals surface area (Å²) >= 11 is 0. The van der Waals surface area contributed by atoms with Crippen LogP contribution in [0, 0.1) is 17.6 Å². The fourth-order valence-corrected chi connectivity index (χ4v) is 5.10. The Bertz CT molecular complexity index is 1340. The van der Waals surface area contributed by atoms with Crippen LogP contribution in [0.25, 0.3) is 11.1 Å². The number of benzene rings is 2. The van der Waals surface area contributed by atoms with Crippen LogP contribution >= 0.6 is 0 Å². The first kappa shape index (κ1) is 26.7. The fourth-order valence-electron chi connectivity index (χ4n) is 5.10. The highest BCUT2D eigenvalue weighted by Crippen LogP contribution is 2.29. The molecule has 1 saturated heterocycles. The van der Waals surface area contributed by atoms with E-state index in [9.17, 15) is 18.4 Å². The summed E-state index contributed by atoms with van der Waals surface area (Å²) in [6, 6.07) is 12.1. The molecule has 204 valence electrons. The minimum absolute atomic E-state index is 0.0253. The maximum atomic E-state index is 14.9. The molecule has 7 nitrogen and oxygen atoms in total. The van der Waals surface area contributed by atoms with Crippen molar-refractivity contribution in [2.75, 3.05) is 45.2 Å². The van der Waals surface area contributed by atoms with Crippen molar-refractivity contribution >= 4 is 17.7 Å². The number of methoxy groups -OCH3 is 1. The number of piperazine rings is 1. The van der Waals surface area contributed by atoms with E-state index in [1.54, 1.807) is 36.5 Å². The second kappa shape index (κ2) is 11.9. The van der Waals surface area contributed by atoms with Crippen molar-refractivity contribution in [2.45, 2.75) is 25.8 Å². The first-order valence-corrected chi connectivity index (χ1v) is 13.3. The van der Waals surface area contributed by atoms with E-state index >= 15 is 0 Å². The van der Waals surface area contributed by atoms with E-state index in [0.717, 1.165) is 44.7 Å². The normalized spacial score (nSPS) is 16.0. The predicted octanol–water partition coefficient (Wildman–Crippen LogP) is 4.98. The summed E-state index contributed by atoms with van der Waals surface area (Å²) in [7, 11) is 1.17. The lowest BCUT2D eigenvalue weighted by atomic mass is 9.85. The second-order valence-corrected chi connectivity index (χ2v) is 10.1. The van der Waals surface area contributed by atoms with Crippen LogP contribution in [0.2, 0.25) is 0 Å². The Morgan fingerprint density at radius 3 is 2.46 bits per heavy atom. The van der Waals surface area contributed by atoms with Crippen LogP contribution in [-0.2, 0) is 11.3 Å². The number of carbonyl (C=O) groups excluding carboxylic acids is 2. The predicted molar refractivity (Wildman–Crippen MR) is 144 cm³/mol. The largest absolute Gasteiger partial charge is 0.465 e. The minimum Gasteiger partial charge on any atom is -0.465 e. The van der Waals surface area contributed by atoms with Crippen LogP contribution in [0.3, 0.4) is 0 Å². The minimum atomic E-state index is -0.825. The lowest BCUT2D eigenvalue weighted by Crippen LogP contribution is -2.50. The molecule has 9 heteroatoms. The fraction of sp³-hybridized carbons (Fsp3) is 0.367. The Balaban J connectivity index is 1.17. The number of nitrogens with zero attached hydrogens (tertiary/aromatic N) is 3. The molecule has 1 amide bonds. The number of pyridine rings is 1. The summed E-state index contributed by atoms with van der Waals surface area (Å²) in [5.41, 5.74) is 1.28. The first-order valence-electron chi connectivity index (χ1n) is 13.3. The Hall–Kier alpha value is -3.85. The topological polar surface area (TPSA) is 74.8 Å². The SMILES string of the molecule is COC(=O)c1c(F)cccc1-c1ccc(CNc2ccc(C(=O)N3CCN(CC4CCC4)CC3)cn2)c(F)c1. The molecule has 0 bridgehead atoms. The van der Waals surface area contributed by atoms with Crippen molar-refractivity contribution in [3.63, 3.8) is 0 Å². The second-order valence-electron chi connectivity index (χ2n) is 10.1. The van der Waals surface area contributed by atoms with Crippen molar-refractivity contribution < 1.29 is 23.1 Å². The van der Waals surface area contributed by atoms with Gasteiger partial charge < -0.3 is 15.0 Å². The van der Waals surface area contributed by atoms with Gasteiger partial charge in [0.05, 0.1) is 12.7 Å². The first-order chi connectivity index (χ1) is 18.9. The van der Waals surface area contributed by atoms with E-state index in [4.69, 9.17) is 0 Å². The van der Waals surface area contributed by atoms with Crippen molar-refractivity contribution in [3.8, 4) is 11.1 Å². The van der Waals surface area contributed by atoms with Crippen molar-refractivity contribution in [3.05, 3.63) is 83.1 Å². The van der Waals surface area contributed by atoms with Gasteiger partial charge >= 0.3 is 5.97 Å². The molecule has 0 radical (unpaired) electrons. The third-order valence-corrected chi connectivity index (χ3v) is 7.64. The zero-order chi connectivity index (χ0) is 27.4. The zero-order valence-electron chi connectivity index (χ0n) is 22.0. The van der Waals surface area contributed by atoms with E-state index in [2.05, 4.69) is 19.9 Å². The van der Waals surface area contributed by atoms with E-state index in [0.29, 0.717) is 22.5 Å². The molecule has 2 aromatic carbocycles. The molecule has 1 saturated carbocycles. The van der Waals surface area contributed by atoms with Gasteiger partial charge in [-0.05, 0) is 54.2 Å². The van der Waals surface area contributed by atoms with Crippen LogP contribution in [0.15, 0.2) is 54.7 Å². The van der Waals surface area contributed by atoms with Gasteiger partial charge in [0.15, 0.2) is 0 Å². The van der Waals surface area contributed by atoms with Crippen LogP contribution < -0.4 is 5.32 Å². The molecule has 0 unspecified atom stereocenters. The molecule has 39 heavy (non-hydrogen) atoms. The lowest BCUT2D eigenvalue weighted by Gasteiger charge is -2.38. The van der Waals surface area contributed by atoms with Crippen LogP contribution in [0.5, 0.6) is 0 Å². The molecule has 0 atom stereocenters. The molecule has 1 aliphatic carbocycles. The van der Waals surface area contributed by atoms with Crippen LogP contribution in [-0.4, -0.2) is 66.5 Å². The number of hydrogen-bond donors (Lipinski definition) is 1. The van der Waals surface area contributed by atoms with Gasteiger partial charge in [-0.2, -0.15) is 0 Å². The van der Waals surface area contributed by atoms with Gasteiger partial charge in [0.1, 0.15) is 23.0 Å². The quantitative estimate of drug-likeness (QED) is 0.411. The molecule has 5 rings (SSSR count). The van der Waals surface area contributed by atoms with E-state index in [1.807, 2.05) is 4.90 Å². The molecule has 2 aliphatic rings. The molecule has 0 spiro atoms. The third-order valence-electron chi connectivity index (χ3n) is 7.64. The average Bonchev–Trinajstić information content (AvgIpc) is 2.94. The Morgan fingerprint density at radius 2 is 1.82 bits per heavy atom. The van der Waals surface area contributed by atoms with Gasteiger partial charge in [0.25, 0.3) is 5.91 Å². The Labute approximate surface area is 226 Å². The molecule has 1 aromatic heterocycles. The van der Waals surface area contributed by atoms with Crippen LogP contribution in [0.4, 0.5) is 14.6 Å². The van der Waals surface area contributed by atoms with E-state index in [-0.39, 0.29) is 23.6 Å². The maximum Gasteiger partial charge on any atom is 0.341 e. The number of ether oxygens (including phenoxy) is 1. The monoisotopic (exact) mass is 534 g/mol. The van der Waals surface area contributed by atoms with Gasteiger partial charge in [-0.1, -0.05) is 30.7 Å². The summed E-state index contributed by atoms with van der Waals surface area (Å²) in [4.78, 5) is 33.7. The third kappa shape index (κ3) is 6.09. The van der Waals surface area contributed by atoms with Crippen molar-refractivity contribution in [1.29, 1.82) is 0 Å². The molecule has 2 fully saturated rings. The summed E-state index contributed by atoms with van der Waals surface area (Å²) in [5, 5.41) is 3.07. The lowest BCUT2D eigenvalue weighted by molar-refractivity contribution is 0.0585. The number of rotatable bonds is 8. The molecule has 1 aliphatic heterocycles. The Morgan fingerprint density at radius 1 is 1.03 bits per heavy atom. The number of amides is 1. The van der Waals surface area contributed by atoms with E-state index in [1.165, 1.54) is 38.5 Å². The average molecular weight is 535 g/mol. The van der Waals surface area contributed by atoms with Crippen LogP contribution in [0.1, 0.15) is 45.5 Å². The summed E-state index contributed by atoms with van der Waals surface area (Å²) < 4.78 is 33.9. The summed E-state index contributed by atoms with van der Waals surface area (Å²) in [5.74, 6) is -0.752. The summed E-state index contributed by atoms with van der Waals surface area (Å²) in [6.45, 7) is 4.55. The number of hydrogen-bond acceptors (Lipinski definition) is 6.